The molecule has 0 bridgehead atoms. The number of nitrogens with one attached hydrogen (secondary N) is 2. The first kappa shape index (κ1) is 20.8. The van der Waals surface area contributed by atoms with Gasteiger partial charge < -0.3 is 15.4 Å². The number of aliphatic imine (C=N–C) groups is 1. The minimum absolute atomic E-state index is 0.0504. The van der Waals surface area contributed by atoms with Gasteiger partial charge in [-0.3, -0.25) is 14.5 Å². The lowest BCUT2D eigenvalue weighted by atomic mass is 9.98. The molecule has 4 rings (SSSR count). The van der Waals surface area contributed by atoms with Gasteiger partial charge in [-0.2, -0.15) is 0 Å². The van der Waals surface area contributed by atoms with E-state index in [-0.39, 0.29) is 11.9 Å². The topological polar surface area (TPSA) is 83.0 Å². The SMILES string of the molecule is Cc1c(NC(=O)CN2CCCC2)ccc2c1C(C=O)OC(=NC=Cc1ccccc1)N2. The van der Waals surface area contributed by atoms with Crippen molar-refractivity contribution in [3.05, 3.63) is 65.4 Å². The quantitative estimate of drug-likeness (QED) is 0.699. The number of amidine groups is 1. The average molecular weight is 418 g/mol. The number of amides is 1. The summed E-state index contributed by atoms with van der Waals surface area (Å²) in [7, 11) is 0. The summed E-state index contributed by atoms with van der Waals surface area (Å²) in [5.41, 5.74) is 3.95. The van der Waals surface area contributed by atoms with Crippen LogP contribution in [0.5, 0.6) is 0 Å². The lowest BCUT2D eigenvalue weighted by molar-refractivity contribution is -0.117. The predicted molar refractivity (Wildman–Crippen MR) is 122 cm³/mol. The molecule has 0 aliphatic carbocycles. The van der Waals surface area contributed by atoms with Gasteiger partial charge >= 0.3 is 0 Å². The number of fused-ring (bicyclic) bond motifs is 1. The summed E-state index contributed by atoms with van der Waals surface area (Å²) >= 11 is 0. The van der Waals surface area contributed by atoms with Crippen molar-refractivity contribution in [1.82, 2.24) is 4.90 Å². The number of likely N-dealkylation sites (tertiary alicyclic amines) is 1. The average Bonchev–Trinajstić information content (AvgIpc) is 3.29. The summed E-state index contributed by atoms with van der Waals surface area (Å²) in [4.78, 5) is 30.6. The number of aldehydes is 1. The zero-order valence-electron chi connectivity index (χ0n) is 17.5. The molecule has 0 spiro atoms. The molecule has 1 unspecified atom stereocenters. The smallest absolute Gasteiger partial charge is 0.294 e. The summed E-state index contributed by atoms with van der Waals surface area (Å²) in [6.45, 7) is 4.18. The van der Waals surface area contributed by atoms with Crippen molar-refractivity contribution in [3.63, 3.8) is 0 Å². The Labute approximate surface area is 181 Å². The Bertz CT molecular complexity index is 1010. The van der Waals surface area contributed by atoms with Gasteiger partial charge in [0.15, 0.2) is 12.4 Å². The van der Waals surface area contributed by atoms with E-state index in [4.69, 9.17) is 4.74 Å². The van der Waals surface area contributed by atoms with Gasteiger partial charge in [0.1, 0.15) is 0 Å². The zero-order valence-corrected chi connectivity index (χ0v) is 17.5. The molecule has 2 aliphatic heterocycles. The molecule has 1 atom stereocenters. The Morgan fingerprint density at radius 2 is 2.00 bits per heavy atom. The number of rotatable bonds is 6. The normalized spacial score (nSPS) is 19.6. The molecule has 0 saturated carbocycles. The molecule has 1 fully saturated rings. The second-order valence-electron chi connectivity index (χ2n) is 7.69. The van der Waals surface area contributed by atoms with E-state index < -0.39 is 6.10 Å². The molecular formula is C24H26N4O3. The molecule has 31 heavy (non-hydrogen) atoms. The van der Waals surface area contributed by atoms with E-state index in [9.17, 15) is 9.59 Å². The van der Waals surface area contributed by atoms with Crippen LogP contribution in [0.3, 0.4) is 0 Å². The molecule has 7 heteroatoms. The van der Waals surface area contributed by atoms with Crippen molar-refractivity contribution in [2.75, 3.05) is 30.3 Å². The largest absolute Gasteiger partial charge is 0.449 e. The minimum Gasteiger partial charge on any atom is -0.449 e. The summed E-state index contributed by atoms with van der Waals surface area (Å²) in [5, 5.41) is 6.10. The van der Waals surface area contributed by atoms with E-state index in [1.165, 1.54) is 0 Å². The minimum atomic E-state index is -0.796. The van der Waals surface area contributed by atoms with Gasteiger partial charge in [0.05, 0.1) is 12.2 Å². The van der Waals surface area contributed by atoms with Crippen molar-refractivity contribution < 1.29 is 14.3 Å². The number of benzene rings is 2. The van der Waals surface area contributed by atoms with Crippen LogP contribution >= 0.6 is 0 Å². The fourth-order valence-electron chi connectivity index (χ4n) is 3.91. The van der Waals surface area contributed by atoms with E-state index in [0.29, 0.717) is 17.8 Å². The molecule has 0 aromatic heterocycles. The molecule has 7 nitrogen and oxygen atoms in total. The summed E-state index contributed by atoms with van der Waals surface area (Å²) in [6, 6.07) is 13.7. The van der Waals surface area contributed by atoms with Gasteiger partial charge in [-0.25, -0.2) is 4.99 Å². The third-order valence-corrected chi connectivity index (χ3v) is 5.50. The van der Waals surface area contributed by atoms with Crippen LogP contribution < -0.4 is 10.6 Å². The molecule has 0 radical (unpaired) electrons. The number of hydrogen-bond acceptors (Lipinski definition) is 5. The number of hydrogen-bond donors (Lipinski definition) is 2. The molecule has 2 N–H and O–H groups in total. The first-order valence-electron chi connectivity index (χ1n) is 10.5. The van der Waals surface area contributed by atoms with Crippen LogP contribution in [-0.2, 0) is 14.3 Å². The molecule has 2 aliphatic rings. The highest BCUT2D eigenvalue weighted by Gasteiger charge is 2.28. The van der Waals surface area contributed by atoms with E-state index in [2.05, 4.69) is 20.5 Å². The lowest BCUT2D eigenvalue weighted by Crippen LogP contribution is -2.31. The molecular weight excluding hydrogens is 392 g/mol. The van der Waals surface area contributed by atoms with Crippen LogP contribution in [-0.4, -0.2) is 42.7 Å². The standard InChI is InChI=1S/C24H26N4O3/c1-17-19(26-22(30)15-28-13-5-6-14-28)9-10-20-23(17)21(16-29)31-24(27-20)25-12-11-18-7-3-2-4-8-18/h2-4,7-12,16,21H,5-6,13-15H2,1H3,(H,25,27)(H,26,30). The number of carbonyl (C=O) groups is 2. The number of anilines is 2. The van der Waals surface area contributed by atoms with E-state index in [1.54, 1.807) is 6.20 Å². The maximum atomic E-state index is 12.4. The maximum absolute atomic E-state index is 12.4. The fourth-order valence-corrected chi connectivity index (χ4v) is 3.91. The molecule has 1 saturated heterocycles. The molecule has 2 aromatic carbocycles. The van der Waals surface area contributed by atoms with Crippen LogP contribution in [0, 0.1) is 6.92 Å². The van der Waals surface area contributed by atoms with Crippen LogP contribution in [0.4, 0.5) is 11.4 Å². The van der Waals surface area contributed by atoms with Gasteiger partial charge in [-0.15, -0.1) is 0 Å². The lowest BCUT2D eigenvalue weighted by Gasteiger charge is -2.28. The highest BCUT2D eigenvalue weighted by molar-refractivity contribution is 5.98. The van der Waals surface area contributed by atoms with E-state index >= 15 is 0 Å². The van der Waals surface area contributed by atoms with Crippen LogP contribution in [0.15, 0.2) is 53.7 Å². The Morgan fingerprint density at radius 1 is 1.23 bits per heavy atom. The van der Waals surface area contributed by atoms with Gasteiger partial charge in [0.2, 0.25) is 5.91 Å². The summed E-state index contributed by atoms with van der Waals surface area (Å²) in [6.07, 6.45) is 5.71. The van der Waals surface area contributed by atoms with Gasteiger partial charge in [0.25, 0.3) is 6.02 Å². The van der Waals surface area contributed by atoms with Crippen molar-refractivity contribution in [3.8, 4) is 0 Å². The molecule has 1 amide bonds. The Hall–Kier alpha value is -3.45. The third-order valence-electron chi connectivity index (χ3n) is 5.50. The van der Waals surface area contributed by atoms with Crippen molar-refractivity contribution in [2.24, 2.45) is 4.99 Å². The monoisotopic (exact) mass is 418 g/mol. The Morgan fingerprint density at radius 3 is 2.74 bits per heavy atom. The van der Waals surface area contributed by atoms with Crippen molar-refractivity contribution >= 4 is 35.7 Å². The first-order chi connectivity index (χ1) is 15.1. The van der Waals surface area contributed by atoms with E-state index in [0.717, 1.165) is 49.0 Å². The highest BCUT2D eigenvalue weighted by atomic mass is 16.5. The fraction of sp³-hybridized carbons (Fsp3) is 0.292. The second-order valence-corrected chi connectivity index (χ2v) is 7.69. The van der Waals surface area contributed by atoms with Crippen molar-refractivity contribution in [2.45, 2.75) is 25.9 Å². The van der Waals surface area contributed by atoms with Gasteiger partial charge in [0, 0.05) is 17.5 Å². The van der Waals surface area contributed by atoms with Crippen LogP contribution in [0.1, 0.15) is 35.6 Å². The van der Waals surface area contributed by atoms with E-state index in [1.807, 2.05) is 55.5 Å². The van der Waals surface area contributed by atoms with Crippen LogP contribution in [0.25, 0.3) is 6.08 Å². The zero-order chi connectivity index (χ0) is 21.6. The van der Waals surface area contributed by atoms with Gasteiger partial charge in [-0.1, -0.05) is 30.3 Å². The maximum Gasteiger partial charge on any atom is 0.294 e. The second kappa shape index (κ2) is 9.57. The number of nitrogens with zero attached hydrogens (tertiary/aromatic N) is 2. The summed E-state index contributed by atoms with van der Waals surface area (Å²) in [5.74, 6) is -0.0504. The predicted octanol–water partition coefficient (Wildman–Crippen LogP) is 3.74. The van der Waals surface area contributed by atoms with Gasteiger partial charge in [-0.05, 0) is 62.2 Å². The van der Waals surface area contributed by atoms with Crippen molar-refractivity contribution in [1.29, 1.82) is 0 Å². The van der Waals surface area contributed by atoms with Crippen LogP contribution in [0.2, 0.25) is 0 Å². The molecule has 2 aromatic rings. The molecule has 160 valence electrons. The molecule has 2 heterocycles. The number of carbonyl (C=O) groups excluding carboxylic acids is 2. The summed E-state index contributed by atoms with van der Waals surface area (Å²) < 4.78 is 5.75. The first-order valence-corrected chi connectivity index (χ1v) is 10.5. The number of ether oxygens (including phenoxy) is 1. The Kier molecular flexibility index (Phi) is 6.43. The third kappa shape index (κ3) is 5.00. The Balaban J connectivity index is 1.49. The highest BCUT2D eigenvalue weighted by Crippen LogP contribution is 2.36.